The molecule has 13 heteroatoms. The van der Waals surface area contributed by atoms with Gasteiger partial charge in [-0.1, -0.05) is 18.2 Å². The Balaban J connectivity index is 0.000000378. The average molecular weight is 585 g/mol. The number of ether oxygens (including phenoxy) is 1. The SMILES string of the molecule is CN(C)C(=O)[C@@H](Cc1ccccc1F)CN1CCC2(CC1)OCCc1cc(F)sc12.O=C(O)[C@H](O)[C@@H](O)C(=O)O. The minimum absolute atomic E-state index is 0.00932. The number of benzene rings is 1. The second-order valence-corrected chi connectivity index (χ2v) is 11.1. The Kier molecular flexibility index (Phi) is 10.7. The van der Waals surface area contributed by atoms with Crippen LogP contribution < -0.4 is 0 Å². The number of fused-ring (bicyclic) bond motifs is 2. The first-order valence-corrected chi connectivity index (χ1v) is 13.6. The van der Waals surface area contributed by atoms with Gasteiger partial charge in [0.1, 0.15) is 11.4 Å². The summed E-state index contributed by atoms with van der Waals surface area (Å²) in [5.74, 6) is -4.11. The maximum atomic E-state index is 14.2. The third kappa shape index (κ3) is 7.61. The molecule has 40 heavy (non-hydrogen) atoms. The predicted molar refractivity (Wildman–Crippen MR) is 141 cm³/mol. The zero-order valence-corrected chi connectivity index (χ0v) is 23.1. The van der Waals surface area contributed by atoms with Gasteiger partial charge in [0.25, 0.3) is 0 Å². The number of carboxylic acid groups (broad SMARTS) is 2. The van der Waals surface area contributed by atoms with Gasteiger partial charge in [0.2, 0.25) is 5.91 Å². The van der Waals surface area contributed by atoms with Crippen LogP contribution in [0.2, 0.25) is 0 Å². The lowest BCUT2D eigenvalue weighted by Gasteiger charge is -2.44. The second-order valence-electron chi connectivity index (χ2n) is 10.1. The minimum atomic E-state index is -2.27. The lowest BCUT2D eigenvalue weighted by molar-refractivity contribution is -0.165. The molecule has 2 aliphatic heterocycles. The van der Waals surface area contributed by atoms with Crippen molar-refractivity contribution in [3.63, 3.8) is 0 Å². The van der Waals surface area contributed by atoms with Crippen LogP contribution in [0, 0.1) is 16.9 Å². The van der Waals surface area contributed by atoms with E-state index < -0.39 is 29.7 Å². The van der Waals surface area contributed by atoms with Gasteiger partial charge in [0.15, 0.2) is 17.3 Å². The summed E-state index contributed by atoms with van der Waals surface area (Å²) in [5, 5.41) is 32.4. The molecule has 1 saturated heterocycles. The number of rotatable bonds is 8. The normalized spacial score (nSPS) is 18.6. The van der Waals surface area contributed by atoms with E-state index in [9.17, 15) is 23.2 Å². The summed E-state index contributed by atoms with van der Waals surface area (Å²) >= 11 is 1.21. The number of aliphatic carboxylic acids is 2. The number of amides is 1. The third-order valence-electron chi connectivity index (χ3n) is 7.10. The van der Waals surface area contributed by atoms with Crippen LogP contribution in [0.15, 0.2) is 30.3 Å². The maximum absolute atomic E-state index is 14.2. The molecule has 2 aromatic rings. The first-order chi connectivity index (χ1) is 18.8. The Morgan fingerprint density at radius 3 is 2.23 bits per heavy atom. The molecule has 1 amide bonds. The molecule has 0 aliphatic carbocycles. The van der Waals surface area contributed by atoms with E-state index in [-0.39, 0.29) is 22.8 Å². The zero-order valence-electron chi connectivity index (χ0n) is 22.3. The van der Waals surface area contributed by atoms with Gasteiger partial charge in [-0.25, -0.2) is 14.0 Å². The second kappa shape index (κ2) is 13.6. The van der Waals surface area contributed by atoms with Crippen LogP contribution in [0.25, 0.3) is 0 Å². The predicted octanol–water partition coefficient (Wildman–Crippen LogP) is 1.71. The number of piperidine rings is 1. The van der Waals surface area contributed by atoms with Crippen molar-refractivity contribution in [3.8, 4) is 0 Å². The molecule has 1 aromatic heterocycles. The third-order valence-corrected chi connectivity index (χ3v) is 8.26. The molecule has 220 valence electrons. The van der Waals surface area contributed by atoms with Gasteiger partial charge in [0.05, 0.1) is 12.5 Å². The lowest BCUT2D eigenvalue weighted by atomic mass is 9.85. The number of aliphatic hydroxyl groups is 2. The standard InChI is InChI=1S/C23H28F2N2O2S.C4H6O6/c1-26(2)22(28)18(13-16-5-3-4-6-19(16)24)15-27-10-8-23(9-11-27)21-17(7-12-29-23)14-20(25)30-21;5-1(3(7)8)2(6)4(9)10/h3-6,14,18H,7-13,15H2,1-2H3;1-2,5-6H,(H,7,8)(H,9,10)/t18-;1-,2-/m01/s1. The van der Waals surface area contributed by atoms with E-state index in [1.807, 2.05) is 0 Å². The summed E-state index contributed by atoms with van der Waals surface area (Å²) in [5.41, 5.74) is 1.25. The van der Waals surface area contributed by atoms with Crippen LogP contribution in [-0.2, 0) is 37.6 Å². The van der Waals surface area contributed by atoms with Crippen molar-refractivity contribution in [2.75, 3.05) is 40.3 Å². The number of nitrogens with zero attached hydrogens (tertiary/aromatic N) is 2. The highest BCUT2D eigenvalue weighted by Crippen LogP contribution is 2.45. The fraction of sp³-hybridized carbons (Fsp3) is 0.519. The molecule has 0 radical (unpaired) electrons. The van der Waals surface area contributed by atoms with Gasteiger partial charge in [0, 0.05) is 38.6 Å². The Hall–Kier alpha value is -2.97. The number of aliphatic hydroxyl groups excluding tert-OH is 2. The van der Waals surface area contributed by atoms with E-state index in [2.05, 4.69) is 4.90 Å². The van der Waals surface area contributed by atoms with E-state index in [0.29, 0.717) is 25.1 Å². The first kappa shape index (κ1) is 31.6. The molecule has 1 fully saturated rings. The minimum Gasteiger partial charge on any atom is -0.479 e. The summed E-state index contributed by atoms with van der Waals surface area (Å²) in [7, 11) is 3.48. The van der Waals surface area contributed by atoms with Gasteiger partial charge in [-0.3, -0.25) is 4.79 Å². The Morgan fingerprint density at radius 2 is 1.68 bits per heavy atom. The fourth-order valence-electron chi connectivity index (χ4n) is 4.96. The average Bonchev–Trinajstić information content (AvgIpc) is 3.31. The van der Waals surface area contributed by atoms with Gasteiger partial charge in [-0.2, -0.15) is 4.39 Å². The maximum Gasteiger partial charge on any atom is 0.335 e. The monoisotopic (exact) mass is 584 g/mol. The summed E-state index contributed by atoms with van der Waals surface area (Å²) < 4.78 is 34.2. The highest BCUT2D eigenvalue weighted by Gasteiger charge is 2.43. The topological polar surface area (TPSA) is 148 Å². The van der Waals surface area contributed by atoms with Crippen molar-refractivity contribution in [2.24, 2.45) is 5.92 Å². The van der Waals surface area contributed by atoms with Gasteiger partial charge < -0.3 is 35.0 Å². The molecule has 1 spiro atoms. The molecule has 10 nitrogen and oxygen atoms in total. The Morgan fingerprint density at radius 1 is 1.07 bits per heavy atom. The number of carbonyl (C=O) groups excluding carboxylic acids is 1. The molecular weight excluding hydrogens is 550 g/mol. The van der Waals surface area contributed by atoms with Gasteiger partial charge >= 0.3 is 11.9 Å². The highest BCUT2D eigenvalue weighted by atomic mass is 32.1. The fourth-order valence-corrected chi connectivity index (χ4v) is 6.10. The molecule has 1 aromatic carbocycles. The van der Waals surface area contributed by atoms with E-state index in [4.69, 9.17) is 25.2 Å². The largest absolute Gasteiger partial charge is 0.479 e. The molecular formula is C27H34F2N2O8S. The van der Waals surface area contributed by atoms with Crippen LogP contribution in [-0.4, -0.2) is 101 Å². The van der Waals surface area contributed by atoms with Crippen molar-refractivity contribution in [1.82, 2.24) is 9.80 Å². The Bertz CT molecular complexity index is 1180. The quantitative estimate of drug-likeness (QED) is 0.364. The van der Waals surface area contributed by atoms with Gasteiger partial charge in [-0.05, 0) is 48.9 Å². The molecule has 2 aliphatic rings. The molecule has 3 heterocycles. The molecule has 4 N–H and O–H groups in total. The van der Waals surface area contributed by atoms with Crippen LogP contribution in [0.5, 0.6) is 0 Å². The van der Waals surface area contributed by atoms with Crippen molar-refractivity contribution >= 4 is 29.2 Å². The number of hydrogen-bond acceptors (Lipinski definition) is 8. The molecule has 0 unspecified atom stereocenters. The molecule has 4 rings (SSSR count). The summed E-state index contributed by atoms with van der Waals surface area (Å²) in [6, 6.07) is 8.31. The molecule has 0 bridgehead atoms. The first-order valence-electron chi connectivity index (χ1n) is 12.8. The van der Waals surface area contributed by atoms with E-state index >= 15 is 0 Å². The smallest absolute Gasteiger partial charge is 0.335 e. The van der Waals surface area contributed by atoms with Crippen molar-refractivity contribution < 1.29 is 48.3 Å². The summed E-state index contributed by atoms with van der Waals surface area (Å²) in [6.45, 7) is 2.74. The number of hydrogen-bond donors (Lipinski definition) is 4. The number of carbonyl (C=O) groups is 3. The highest BCUT2D eigenvalue weighted by molar-refractivity contribution is 7.10. The van der Waals surface area contributed by atoms with Crippen LogP contribution >= 0.6 is 11.3 Å². The molecule has 0 saturated carbocycles. The van der Waals surface area contributed by atoms with Crippen molar-refractivity contribution in [3.05, 3.63) is 57.3 Å². The number of halogens is 2. The van der Waals surface area contributed by atoms with Crippen molar-refractivity contribution in [2.45, 2.75) is 43.5 Å². The van der Waals surface area contributed by atoms with Crippen LogP contribution in [0.4, 0.5) is 8.78 Å². The van der Waals surface area contributed by atoms with Crippen molar-refractivity contribution in [1.29, 1.82) is 0 Å². The van der Waals surface area contributed by atoms with E-state index in [1.165, 1.54) is 17.4 Å². The number of carboxylic acids is 2. The Labute approximate surface area is 234 Å². The number of likely N-dealkylation sites (tertiary alicyclic amines) is 1. The van der Waals surface area contributed by atoms with E-state index in [0.717, 1.165) is 42.8 Å². The zero-order chi connectivity index (χ0) is 29.6. The summed E-state index contributed by atoms with van der Waals surface area (Å²) in [6.07, 6.45) is -1.83. The number of thiophene rings is 1. The van der Waals surface area contributed by atoms with Crippen LogP contribution in [0.1, 0.15) is 28.8 Å². The van der Waals surface area contributed by atoms with Crippen LogP contribution in [0.3, 0.4) is 0 Å². The summed E-state index contributed by atoms with van der Waals surface area (Å²) in [4.78, 5) is 37.2. The van der Waals surface area contributed by atoms with E-state index in [1.54, 1.807) is 43.3 Å². The molecule has 3 atom stereocenters. The van der Waals surface area contributed by atoms with Gasteiger partial charge in [-0.15, -0.1) is 11.3 Å². The lowest BCUT2D eigenvalue weighted by Crippen LogP contribution is -2.48.